The van der Waals surface area contributed by atoms with Gasteiger partial charge in [-0.1, -0.05) is 0 Å². The minimum atomic E-state index is -1.59. The molecule has 0 aliphatic rings. The van der Waals surface area contributed by atoms with Gasteiger partial charge in [0, 0.05) is 12.2 Å². The summed E-state index contributed by atoms with van der Waals surface area (Å²) in [7, 11) is 0. The molecule has 0 aromatic carbocycles. The predicted molar refractivity (Wildman–Crippen MR) is 101 cm³/mol. The van der Waals surface area contributed by atoms with E-state index < -0.39 is 59.9 Å². The summed E-state index contributed by atoms with van der Waals surface area (Å²) in [5, 5.41) is 25.2. The third kappa shape index (κ3) is 9.01. The number of aliphatic hydroxyl groups is 1. The number of rotatable bonds is 12. The number of primary amides is 1. The molecule has 0 aromatic heterocycles. The lowest BCUT2D eigenvalue weighted by molar-refractivity contribution is -0.145. The van der Waals surface area contributed by atoms with E-state index in [1.807, 2.05) is 0 Å². The molecule has 13 heteroatoms. The minimum absolute atomic E-state index is 0.133. The fourth-order valence-corrected chi connectivity index (χ4v) is 2.22. The predicted octanol–water partition coefficient (Wildman–Crippen LogP) is -3.55. The zero-order valence-corrected chi connectivity index (χ0v) is 16.4. The number of aliphatic carboxylic acids is 1. The quantitative estimate of drug-likeness (QED) is 0.147. The minimum Gasteiger partial charge on any atom is -0.480 e. The Bertz CT molecular complexity index is 599. The van der Waals surface area contributed by atoms with Gasteiger partial charge in [0.2, 0.25) is 23.6 Å². The van der Waals surface area contributed by atoms with Crippen molar-refractivity contribution in [2.75, 3.05) is 5.75 Å². The van der Waals surface area contributed by atoms with Crippen molar-refractivity contribution in [3.8, 4) is 0 Å². The standard InChI is InChI=1S/C15H27N5O7S/c1-6(16)12(23)18-8(3-4-10(17)22)13(24)19-9(5-28)14(25)20-11(7(2)21)15(26)27/h6-9,11,21,28H,3-5,16H2,1-2H3,(H2,17,22)(H,18,23)(H,19,24)(H,20,25)(H,26,27). The lowest BCUT2D eigenvalue weighted by Crippen LogP contribution is -2.58. The molecule has 0 spiro atoms. The van der Waals surface area contributed by atoms with Gasteiger partial charge in [-0.15, -0.1) is 0 Å². The highest BCUT2D eigenvalue weighted by atomic mass is 32.1. The lowest BCUT2D eigenvalue weighted by Gasteiger charge is -2.24. The molecule has 5 unspecified atom stereocenters. The second kappa shape index (κ2) is 12.2. The Balaban J connectivity index is 5.19. The second-order valence-corrected chi connectivity index (χ2v) is 6.53. The van der Waals surface area contributed by atoms with Crippen LogP contribution in [0.1, 0.15) is 26.7 Å². The van der Waals surface area contributed by atoms with Crippen LogP contribution in [-0.2, 0) is 24.0 Å². The van der Waals surface area contributed by atoms with Crippen molar-refractivity contribution in [3.05, 3.63) is 0 Å². The lowest BCUT2D eigenvalue weighted by atomic mass is 10.1. The zero-order valence-electron chi connectivity index (χ0n) is 15.5. The summed E-state index contributed by atoms with van der Waals surface area (Å²) < 4.78 is 0. The first-order chi connectivity index (χ1) is 12.9. The highest BCUT2D eigenvalue weighted by molar-refractivity contribution is 7.80. The van der Waals surface area contributed by atoms with E-state index in [1.165, 1.54) is 13.8 Å². The van der Waals surface area contributed by atoms with Crippen LogP contribution in [0.15, 0.2) is 0 Å². The fourth-order valence-electron chi connectivity index (χ4n) is 1.97. The number of thiol groups is 1. The molecule has 0 bridgehead atoms. The van der Waals surface area contributed by atoms with Crippen molar-refractivity contribution in [3.63, 3.8) is 0 Å². The normalized spacial score (nSPS) is 16.0. The van der Waals surface area contributed by atoms with Gasteiger partial charge >= 0.3 is 5.97 Å². The average Bonchev–Trinajstić information content (AvgIpc) is 2.59. The summed E-state index contributed by atoms with van der Waals surface area (Å²) in [6, 6.07) is -4.97. The van der Waals surface area contributed by atoms with E-state index in [0.29, 0.717) is 0 Å². The highest BCUT2D eigenvalue weighted by Gasteiger charge is 2.31. The smallest absolute Gasteiger partial charge is 0.328 e. The maximum absolute atomic E-state index is 12.4. The van der Waals surface area contributed by atoms with Crippen LogP contribution < -0.4 is 27.4 Å². The number of carboxylic acid groups (broad SMARTS) is 1. The van der Waals surface area contributed by atoms with E-state index in [-0.39, 0.29) is 18.6 Å². The molecular formula is C15H27N5O7S. The second-order valence-electron chi connectivity index (χ2n) is 6.16. The Labute approximate surface area is 167 Å². The topological polar surface area (TPSA) is 214 Å². The Hall–Kier alpha value is -2.38. The molecule has 0 heterocycles. The third-order valence-corrected chi connectivity index (χ3v) is 3.95. The van der Waals surface area contributed by atoms with Crippen LogP contribution in [0.2, 0.25) is 0 Å². The molecule has 0 aliphatic carbocycles. The van der Waals surface area contributed by atoms with Gasteiger partial charge in [0.1, 0.15) is 12.1 Å². The van der Waals surface area contributed by atoms with Crippen molar-refractivity contribution < 1.29 is 34.2 Å². The number of nitrogens with one attached hydrogen (secondary N) is 3. The first-order valence-electron chi connectivity index (χ1n) is 8.37. The van der Waals surface area contributed by atoms with Gasteiger partial charge < -0.3 is 37.6 Å². The number of carbonyl (C=O) groups is 5. The van der Waals surface area contributed by atoms with E-state index >= 15 is 0 Å². The van der Waals surface area contributed by atoms with Gasteiger partial charge in [0.15, 0.2) is 6.04 Å². The van der Waals surface area contributed by atoms with Gasteiger partial charge in [-0.2, -0.15) is 12.6 Å². The SMILES string of the molecule is CC(N)C(=O)NC(CCC(N)=O)C(=O)NC(CS)C(=O)NC(C(=O)O)C(C)O. The number of hydrogen-bond acceptors (Lipinski definition) is 8. The number of amides is 4. The third-order valence-electron chi connectivity index (χ3n) is 3.59. The van der Waals surface area contributed by atoms with E-state index in [9.17, 15) is 29.1 Å². The van der Waals surface area contributed by atoms with Crippen LogP contribution in [0, 0.1) is 0 Å². The molecule has 9 N–H and O–H groups in total. The van der Waals surface area contributed by atoms with Crippen LogP contribution in [0.4, 0.5) is 0 Å². The monoisotopic (exact) mass is 421 g/mol. The number of hydrogen-bond donors (Lipinski definition) is 8. The number of nitrogens with two attached hydrogens (primary N) is 2. The molecular weight excluding hydrogens is 394 g/mol. The first-order valence-corrected chi connectivity index (χ1v) is 9.00. The maximum atomic E-state index is 12.4. The largest absolute Gasteiger partial charge is 0.480 e. The summed E-state index contributed by atoms with van der Waals surface area (Å²) >= 11 is 3.94. The van der Waals surface area contributed by atoms with Gasteiger partial charge in [-0.05, 0) is 20.3 Å². The van der Waals surface area contributed by atoms with Gasteiger partial charge in [-0.25, -0.2) is 4.79 Å². The molecule has 0 aromatic rings. The Morgan fingerprint density at radius 3 is 1.86 bits per heavy atom. The maximum Gasteiger partial charge on any atom is 0.328 e. The van der Waals surface area contributed by atoms with Crippen molar-refractivity contribution in [2.24, 2.45) is 11.5 Å². The Morgan fingerprint density at radius 2 is 1.46 bits per heavy atom. The van der Waals surface area contributed by atoms with Crippen molar-refractivity contribution in [1.82, 2.24) is 16.0 Å². The molecule has 0 radical (unpaired) electrons. The van der Waals surface area contributed by atoms with Crippen molar-refractivity contribution >= 4 is 42.2 Å². The molecule has 0 fully saturated rings. The number of carbonyl (C=O) groups excluding carboxylic acids is 4. The summed E-state index contributed by atoms with van der Waals surface area (Å²) in [5.41, 5.74) is 10.5. The molecule has 0 aliphatic heterocycles. The molecule has 4 amide bonds. The molecule has 28 heavy (non-hydrogen) atoms. The Morgan fingerprint density at radius 1 is 0.964 bits per heavy atom. The first kappa shape index (κ1) is 25.6. The molecule has 0 saturated heterocycles. The van der Waals surface area contributed by atoms with Crippen LogP contribution in [0.3, 0.4) is 0 Å². The van der Waals surface area contributed by atoms with Crippen molar-refractivity contribution in [1.29, 1.82) is 0 Å². The van der Waals surface area contributed by atoms with E-state index in [1.54, 1.807) is 0 Å². The summed E-state index contributed by atoms with van der Waals surface area (Å²) in [6.07, 6.45) is -1.73. The summed E-state index contributed by atoms with van der Waals surface area (Å²) in [5.74, 6) is -4.73. The van der Waals surface area contributed by atoms with Gasteiger partial charge in [-0.3, -0.25) is 19.2 Å². The number of carboxylic acids is 1. The van der Waals surface area contributed by atoms with Crippen LogP contribution in [0.5, 0.6) is 0 Å². The van der Waals surface area contributed by atoms with Gasteiger partial charge in [0.05, 0.1) is 12.1 Å². The molecule has 0 saturated carbocycles. The van der Waals surface area contributed by atoms with E-state index in [4.69, 9.17) is 16.6 Å². The highest BCUT2D eigenvalue weighted by Crippen LogP contribution is 2.02. The fraction of sp³-hybridized carbons (Fsp3) is 0.667. The van der Waals surface area contributed by atoms with Crippen LogP contribution in [0.25, 0.3) is 0 Å². The zero-order chi connectivity index (χ0) is 22.0. The van der Waals surface area contributed by atoms with Crippen LogP contribution >= 0.6 is 12.6 Å². The number of aliphatic hydroxyl groups excluding tert-OH is 1. The molecule has 0 rings (SSSR count). The Kier molecular flexibility index (Phi) is 11.1. The van der Waals surface area contributed by atoms with E-state index in [0.717, 1.165) is 0 Å². The molecule has 12 nitrogen and oxygen atoms in total. The molecule has 160 valence electrons. The average molecular weight is 421 g/mol. The summed E-state index contributed by atoms with van der Waals surface area (Å²) in [4.78, 5) is 58.5. The van der Waals surface area contributed by atoms with Gasteiger partial charge in [0.25, 0.3) is 0 Å². The summed E-state index contributed by atoms with van der Waals surface area (Å²) in [6.45, 7) is 2.57. The molecule has 5 atom stereocenters. The van der Waals surface area contributed by atoms with Crippen molar-refractivity contribution in [2.45, 2.75) is 57.0 Å². The van der Waals surface area contributed by atoms with E-state index in [2.05, 4.69) is 28.6 Å². The van der Waals surface area contributed by atoms with Crippen LogP contribution in [-0.4, -0.2) is 75.8 Å².